The van der Waals surface area contributed by atoms with Gasteiger partial charge in [-0.2, -0.15) is 4.98 Å². The Balaban J connectivity index is 1.72. The second-order valence-corrected chi connectivity index (χ2v) is 6.36. The van der Waals surface area contributed by atoms with Gasteiger partial charge < -0.3 is 9.47 Å². The van der Waals surface area contributed by atoms with E-state index in [2.05, 4.69) is 15.0 Å². The van der Waals surface area contributed by atoms with E-state index in [4.69, 9.17) is 21.7 Å². The first-order chi connectivity index (χ1) is 12.6. The highest BCUT2D eigenvalue weighted by Crippen LogP contribution is 2.28. The molecule has 3 rings (SSSR count). The first-order valence-electron chi connectivity index (χ1n) is 8.22. The largest absolute Gasteiger partial charge is 0.493 e. The second kappa shape index (κ2) is 8.16. The van der Waals surface area contributed by atoms with Crippen molar-refractivity contribution in [2.24, 2.45) is 0 Å². The van der Waals surface area contributed by atoms with Crippen molar-refractivity contribution < 1.29 is 9.47 Å². The molecule has 0 saturated heterocycles. The molecule has 0 aliphatic rings. The molecule has 0 radical (unpaired) electrons. The molecule has 3 aromatic rings. The van der Waals surface area contributed by atoms with Gasteiger partial charge in [0, 0.05) is 12.1 Å². The van der Waals surface area contributed by atoms with Crippen molar-refractivity contribution in [1.82, 2.24) is 19.7 Å². The topological polar surface area (TPSA) is 55.3 Å². The van der Waals surface area contributed by atoms with E-state index in [1.165, 1.54) is 0 Å². The molecule has 1 N–H and O–H groups in total. The highest BCUT2D eigenvalue weighted by Gasteiger charge is 2.09. The zero-order chi connectivity index (χ0) is 18.5. The number of nitrogens with zero attached hydrogens (tertiary/aromatic N) is 3. The summed E-state index contributed by atoms with van der Waals surface area (Å²) in [6.07, 6.45) is 0. The van der Waals surface area contributed by atoms with Crippen LogP contribution in [0.25, 0.3) is 11.4 Å². The molecule has 0 saturated carbocycles. The summed E-state index contributed by atoms with van der Waals surface area (Å²) in [7, 11) is 5.30. The lowest BCUT2D eigenvalue weighted by Gasteiger charge is -2.18. The molecule has 0 atom stereocenters. The van der Waals surface area contributed by atoms with Crippen LogP contribution in [0.15, 0.2) is 48.5 Å². The number of benzene rings is 2. The molecule has 136 valence electrons. The quantitative estimate of drug-likeness (QED) is 0.643. The van der Waals surface area contributed by atoms with Gasteiger partial charge in [0.2, 0.25) is 4.77 Å². The maximum absolute atomic E-state index is 5.39. The summed E-state index contributed by atoms with van der Waals surface area (Å²) in [6, 6.07) is 15.9. The first-order valence-corrected chi connectivity index (χ1v) is 8.63. The smallest absolute Gasteiger partial charge is 0.217 e. The lowest BCUT2D eigenvalue weighted by atomic mass is 10.2. The Morgan fingerprint density at radius 3 is 2.50 bits per heavy atom. The van der Waals surface area contributed by atoms with E-state index in [0.29, 0.717) is 11.4 Å². The van der Waals surface area contributed by atoms with E-state index in [1.807, 2.05) is 60.3 Å². The predicted octanol–water partition coefficient (Wildman–Crippen LogP) is 3.71. The van der Waals surface area contributed by atoms with Crippen molar-refractivity contribution in [2.45, 2.75) is 13.2 Å². The van der Waals surface area contributed by atoms with Crippen LogP contribution in [0, 0.1) is 4.77 Å². The minimum absolute atomic E-state index is 0.531. The molecule has 1 aromatic heterocycles. The lowest BCUT2D eigenvalue weighted by molar-refractivity contribution is 0.244. The van der Waals surface area contributed by atoms with Crippen molar-refractivity contribution in [2.75, 3.05) is 21.3 Å². The number of hydrogen-bond donors (Lipinski definition) is 1. The summed E-state index contributed by atoms with van der Waals surface area (Å²) in [6.45, 7) is 1.34. The fourth-order valence-corrected chi connectivity index (χ4v) is 2.95. The van der Waals surface area contributed by atoms with Gasteiger partial charge in [0.05, 0.1) is 20.9 Å². The Bertz CT molecular complexity index is 921. The molecule has 0 unspecified atom stereocenters. The molecule has 26 heavy (non-hydrogen) atoms. The van der Waals surface area contributed by atoms with Gasteiger partial charge >= 0.3 is 0 Å². The summed E-state index contributed by atoms with van der Waals surface area (Å²) >= 11 is 5.39. The summed E-state index contributed by atoms with van der Waals surface area (Å²) in [5, 5.41) is 3.27. The third-order valence-corrected chi connectivity index (χ3v) is 4.32. The Labute approximate surface area is 158 Å². The summed E-state index contributed by atoms with van der Waals surface area (Å²) in [5.74, 6) is 2.22. The summed E-state index contributed by atoms with van der Waals surface area (Å²) in [4.78, 5) is 6.59. The first kappa shape index (κ1) is 18.2. The van der Waals surface area contributed by atoms with Gasteiger partial charge in [0.15, 0.2) is 17.3 Å². The van der Waals surface area contributed by atoms with Crippen LogP contribution in [0.1, 0.15) is 5.56 Å². The highest BCUT2D eigenvalue weighted by molar-refractivity contribution is 7.71. The highest BCUT2D eigenvalue weighted by atomic mass is 32.1. The Hall–Kier alpha value is -2.64. The molecule has 2 aromatic carbocycles. The number of rotatable bonds is 7. The van der Waals surface area contributed by atoms with Crippen molar-refractivity contribution in [1.29, 1.82) is 0 Å². The molecule has 0 aliphatic carbocycles. The molecule has 0 fully saturated rings. The second-order valence-electron chi connectivity index (χ2n) is 5.99. The number of methoxy groups -OCH3 is 2. The molecule has 6 nitrogen and oxygen atoms in total. The van der Waals surface area contributed by atoms with Crippen LogP contribution < -0.4 is 9.47 Å². The minimum atomic E-state index is 0.531. The zero-order valence-electron chi connectivity index (χ0n) is 15.1. The normalized spacial score (nSPS) is 10.9. The minimum Gasteiger partial charge on any atom is -0.493 e. The van der Waals surface area contributed by atoms with Crippen LogP contribution in [0.3, 0.4) is 0 Å². The zero-order valence-corrected chi connectivity index (χ0v) is 15.9. The third kappa shape index (κ3) is 4.12. The van der Waals surface area contributed by atoms with Crippen LogP contribution in [0.4, 0.5) is 0 Å². The van der Waals surface area contributed by atoms with Crippen LogP contribution in [-0.2, 0) is 13.2 Å². The van der Waals surface area contributed by atoms with Gasteiger partial charge in [0.25, 0.3) is 0 Å². The van der Waals surface area contributed by atoms with E-state index >= 15 is 0 Å². The van der Waals surface area contributed by atoms with Gasteiger partial charge in [-0.25, -0.2) is 4.68 Å². The number of aromatic amines is 1. The van der Waals surface area contributed by atoms with Crippen molar-refractivity contribution in [3.63, 3.8) is 0 Å². The van der Waals surface area contributed by atoms with E-state index in [1.54, 1.807) is 14.2 Å². The third-order valence-electron chi connectivity index (χ3n) is 4.01. The molecule has 0 amide bonds. The molecule has 7 heteroatoms. The van der Waals surface area contributed by atoms with Crippen LogP contribution in [0.2, 0.25) is 0 Å². The van der Waals surface area contributed by atoms with Gasteiger partial charge in [-0.3, -0.25) is 10.00 Å². The molecule has 0 aliphatic heterocycles. The SMILES string of the molecule is COc1ccc(CN(C)Cn2[nH]c(-c3ccccc3)nc2=S)cc1OC. The molecular weight excluding hydrogens is 348 g/mol. The monoisotopic (exact) mass is 370 g/mol. The Morgan fingerprint density at radius 1 is 1.08 bits per heavy atom. The average Bonchev–Trinajstić information content (AvgIpc) is 3.02. The van der Waals surface area contributed by atoms with Gasteiger partial charge in [-0.05, 0) is 37.0 Å². The Morgan fingerprint density at radius 2 is 1.81 bits per heavy atom. The number of aromatic nitrogens is 3. The molecular formula is C19H22N4O2S. The number of ether oxygens (including phenoxy) is 2. The fourth-order valence-electron chi connectivity index (χ4n) is 2.76. The van der Waals surface area contributed by atoms with Crippen molar-refractivity contribution >= 4 is 12.2 Å². The van der Waals surface area contributed by atoms with Gasteiger partial charge in [0.1, 0.15) is 0 Å². The summed E-state index contributed by atoms with van der Waals surface area (Å²) in [5.41, 5.74) is 2.14. The van der Waals surface area contributed by atoms with Gasteiger partial charge in [-0.1, -0.05) is 36.4 Å². The van der Waals surface area contributed by atoms with Crippen LogP contribution in [-0.4, -0.2) is 40.9 Å². The maximum atomic E-state index is 5.39. The van der Waals surface area contributed by atoms with E-state index in [0.717, 1.165) is 35.0 Å². The van der Waals surface area contributed by atoms with E-state index in [9.17, 15) is 0 Å². The molecule has 1 heterocycles. The van der Waals surface area contributed by atoms with Crippen LogP contribution >= 0.6 is 12.2 Å². The number of nitrogens with one attached hydrogen (secondary N) is 1. The Kier molecular flexibility index (Phi) is 5.70. The van der Waals surface area contributed by atoms with E-state index < -0.39 is 0 Å². The lowest BCUT2D eigenvalue weighted by Crippen LogP contribution is -2.22. The predicted molar refractivity (Wildman–Crippen MR) is 104 cm³/mol. The van der Waals surface area contributed by atoms with Crippen molar-refractivity contribution in [3.05, 3.63) is 58.9 Å². The standard InChI is InChI=1S/C19H22N4O2S/c1-22(12-14-9-10-16(24-2)17(11-14)25-3)13-23-19(26)20-18(21-23)15-7-5-4-6-8-15/h4-11H,12-13H2,1-3H3,(H,20,21,26). The van der Waals surface area contributed by atoms with Crippen LogP contribution in [0.5, 0.6) is 11.5 Å². The molecule has 0 bridgehead atoms. The van der Waals surface area contributed by atoms with Gasteiger partial charge in [-0.15, -0.1) is 0 Å². The fraction of sp³-hybridized carbons (Fsp3) is 0.263. The average molecular weight is 370 g/mol. The van der Waals surface area contributed by atoms with Crippen molar-refractivity contribution in [3.8, 4) is 22.9 Å². The molecule has 0 spiro atoms. The number of H-pyrrole nitrogens is 1. The summed E-state index contributed by atoms with van der Waals surface area (Å²) < 4.78 is 13.0. The number of hydrogen-bond acceptors (Lipinski definition) is 5. The van der Waals surface area contributed by atoms with E-state index in [-0.39, 0.29) is 0 Å². The maximum Gasteiger partial charge on any atom is 0.217 e.